The van der Waals surface area contributed by atoms with Crippen LogP contribution >= 0.6 is 0 Å². The van der Waals surface area contributed by atoms with E-state index in [-0.39, 0.29) is 0 Å². The molecule has 2 rings (SSSR count). The van der Waals surface area contributed by atoms with E-state index in [1.54, 1.807) is 13.0 Å². The fourth-order valence-corrected chi connectivity index (χ4v) is 1.99. The third-order valence-corrected chi connectivity index (χ3v) is 3.31. The smallest absolute Gasteiger partial charge is 0.329 e. The summed E-state index contributed by atoms with van der Waals surface area (Å²) in [4.78, 5) is 22.7. The molecule has 0 aliphatic heterocycles. The summed E-state index contributed by atoms with van der Waals surface area (Å²) in [5.74, 6) is -0.820. The first kappa shape index (κ1) is 18.2. The molecule has 0 radical (unpaired) electrons. The minimum absolute atomic E-state index is 0.385. The van der Waals surface area contributed by atoms with E-state index in [4.69, 9.17) is 4.74 Å². The van der Waals surface area contributed by atoms with Crippen molar-refractivity contribution in [1.29, 1.82) is 0 Å². The van der Waals surface area contributed by atoms with Gasteiger partial charge in [-0.25, -0.2) is 5.43 Å². The van der Waals surface area contributed by atoms with Crippen LogP contribution in [0.2, 0.25) is 0 Å². The van der Waals surface area contributed by atoms with Gasteiger partial charge in [0.25, 0.3) is 0 Å². The lowest BCUT2D eigenvalue weighted by Crippen LogP contribution is -2.37. The molecule has 6 heteroatoms. The van der Waals surface area contributed by atoms with Gasteiger partial charge in [0.05, 0.1) is 6.21 Å². The Morgan fingerprint density at radius 1 is 1.12 bits per heavy atom. The molecule has 2 aromatic carbocycles. The summed E-state index contributed by atoms with van der Waals surface area (Å²) in [5.41, 5.74) is 5.21. The minimum Gasteiger partial charge on any atom is -0.489 e. The number of ether oxygens (including phenoxy) is 1. The maximum atomic E-state index is 11.4. The summed E-state index contributed by atoms with van der Waals surface area (Å²) >= 11 is 0. The van der Waals surface area contributed by atoms with Gasteiger partial charge in [-0.1, -0.05) is 42.0 Å². The zero-order valence-corrected chi connectivity index (χ0v) is 14.3. The molecule has 0 atom stereocenters. The Labute approximate surface area is 146 Å². The number of nitrogens with zero attached hydrogens (tertiary/aromatic N) is 1. The van der Waals surface area contributed by atoms with Crippen LogP contribution in [0.25, 0.3) is 0 Å². The van der Waals surface area contributed by atoms with Crippen LogP contribution in [0.1, 0.15) is 23.6 Å². The summed E-state index contributed by atoms with van der Waals surface area (Å²) in [6, 6.07) is 15.4. The van der Waals surface area contributed by atoms with Crippen LogP contribution in [-0.2, 0) is 16.2 Å². The van der Waals surface area contributed by atoms with Crippen molar-refractivity contribution in [2.75, 3.05) is 6.54 Å². The average molecular weight is 339 g/mol. The number of benzene rings is 2. The zero-order chi connectivity index (χ0) is 18.1. The van der Waals surface area contributed by atoms with E-state index in [2.05, 4.69) is 15.8 Å². The number of hydrazone groups is 1. The van der Waals surface area contributed by atoms with E-state index < -0.39 is 11.8 Å². The number of hydrogen-bond donors (Lipinski definition) is 2. The van der Waals surface area contributed by atoms with E-state index in [0.29, 0.717) is 18.9 Å². The van der Waals surface area contributed by atoms with Crippen LogP contribution in [0.5, 0.6) is 5.75 Å². The summed E-state index contributed by atoms with van der Waals surface area (Å²) in [7, 11) is 0. The van der Waals surface area contributed by atoms with Gasteiger partial charge in [0, 0.05) is 6.54 Å². The fourth-order valence-electron chi connectivity index (χ4n) is 1.99. The lowest BCUT2D eigenvalue weighted by atomic mass is 10.2. The number of likely N-dealkylation sites (N-methyl/N-ethyl adjacent to an activating group) is 1. The Morgan fingerprint density at radius 2 is 1.88 bits per heavy atom. The lowest BCUT2D eigenvalue weighted by Gasteiger charge is -2.07. The van der Waals surface area contributed by atoms with Crippen molar-refractivity contribution < 1.29 is 14.3 Å². The van der Waals surface area contributed by atoms with E-state index in [0.717, 1.165) is 11.1 Å². The van der Waals surface area contributed by atoms with Gasteiger partial charge in [0.1, 0.15) is 12.4 Å². The highest BCUT2D eigenvalue weighted by Gasteiger charge is 2.10. The van der Waals surface area contributed by atoms with Gasteiger partial charge in [-0.05, 0) is 37.1 Å². The molecule has 2 N–H and O–H groups in total. The normalized spacial score (nSPS) is 10.5. The van der Waals surface area contributed by atoms with Crippen molar-refractivity contribution in [3.8, 4) is 5.75 Å². The molecule has 130 valence electrons. The van der Waals surface area contributed by atoms with Gasteiger partial charge in [0.2, 0.25) is 0 Å². The van der Waals surface area contributed by atoms with Gasteiger partial charge >= 0.3 is 11.8 Å². The number of rotatable bonds is 6. The Kier molecular flexibility index (Phi) is 6.71. The first-order chi connectivity index (χ1) is 12.1. The molecule has 2 amide bonds. The maximum Gasteiger partial charge on any atom is 0.329 e. The second-order valence-electron chi connectivity index (χ2n) is 5.41. The molecule has 0 aromatic heterocycles. The maximum absolute atomic E-state index is 11.4. The lowest BCUT2D eigenvalue weighted by molar-refractivity contribution is -0.139. The quantitative estimate of drug-likeness (QED) is 0.481. The summed E-state index contributed by atoms with van der Waals surface area (Å²) in [6.07, 6.45) is 1.45. The predicted octanol–water partition coefficient (Wildman–Crippen LogP) is 2.16. The Morgan fingerprint density at radius 3 is 2.60 bits per heavy atom. The highest BCUT2D eigenvalue weighted by molar-refractivity contribution is 6.35. The molecule has 6 nitrogen and oxygen atoms in total. The van der Waals surface area contributed by atoms with Gasteiger partial charge in [0.15, 0.2) is 0 Å². The second-order valence-corrected chi connectivity index (χ2v) is 5.41. The number of hydrogen-bond acceptors (Lipinski definition) is 4. The number of amides is 2. The number of carbonyl (C=O) groups is 2. The van der Waals surface area contributed by atoms with Gasteiger partial charge in [-0.15, -0.1) is 0 Å². The van der Waals surface area contributed by atoms with Crippen LogP contribution in [0.15, 0.2) is 53.6 Å². The molecule has 0 unspecified atom stereocenters. The standard InChI is InChI=1S/C19H21N3O3/c1-3-20-18(23)19(24)22-21-12-16-5-4-6-17(11-16)25-13-15-9-7-14(2)8-10-15/h4-12H,3,13H2,1-2H3,(H,20,23)(H,22,24)/b21-12-. The molecule has 0 aliphatic rings. The minimum atomic E-state index is -0.801. The van der Waals surface area contributed by atoms with E-state index >= 15 is 0 Å². The van der Waals surface area contributed by atoms with Crippen molar-refractivity contribution in [2.45, 2.75) is 20.5 Å². The fraction of sp³-hybridized carbons (Fsp3) is 0.211. The SMILES string of the molecule is CCNC(=O)C(=O)N/N=C\c1cccc(OCc2ccc(C)cc2)c1. The third kappa shape index (κ3) is 6.10. The van der Waals surface area contributed by atoms with E-state index in [9.17, 15) is 9.59 Å². The van der Waals surface area contributed by atoms with Crippen LogP contribution in [0.4, 0.5) is 0 Å². The van der Waals surface area contributed by atoms with Gasteiger partial charge < -0.3 is 10.1 Å². The third-order valence-electron chi connectivity index (χ3n) is 3.31. The predicted molar refractivity (Wildman–Crippen MR) is 96.4 cm³/mol. The topological polar surface area (TPSA) is 79.8 Å². The van der Waals surface area contributed by atoms with E-state index in [1.165, 1.54) is 11.8 Å². The summed E-state index contributed by atoms with van der Waals surface area (Å²) in [5, 5.41) is 6.17. The van der Waals surface area contributed by atoms with Gasteiger partial charge in [-0.3, -0.25) is 9.59 Å². The molecular formula is C19H21N3O3. The summed E-state index contributed by atoms with van der Waals surface area (Å²) < 4.78 is 5.76. The van der Waals surface area contributed by atoms with Crippen LogP contribution in [-0.4, -0.2) is 24.6 Å². The molecule has 25 heavy (non-hydrogen) atoms. The van der Waals surface area contributed by atoms with Crippen LogP contribution < -0.4 is 15.5 Å². The van der Waals surface area contributed by atoms with Crippen molar-refractivity contribution >= 4 is 18.0 Å². The van der Waals surface area contributed by atoms with Gasteiger partial charge in [-0.2, -0.15) is 5.10 Å². The number of aryl methyl sites for hydroxylation is 1. The Balaban J connectivity index is 1.89. The molecule has 0 fully saturated rings. The second kappa shape index (κ2) is 9.22. The molecular weight excluding hydrogens is 318 g/mol. The molecule has 0 saturated carbocycles. The van der Waals surface area contributed by atoms with Crippen LogP contribution in [0.3, 0.4) is 0 Å². The molecule has 0 aliphatic carbocycles. The first-order valence-electron chi connectivity index (χ1n) is 7.98. The molecule has 0 heterocycles. The Bertz CT molecular complexity index is 755. The highest BCUT2D eigenvalue weighted by atomic mass is 16.5. The monoisotopic (exact) mass is 339 g/mol. The largest absolute Gasteiger partial charge is 0.489 e. The number of nitrogens with one attached hydrogen (secondary N) is 2. The first-order valence-corrected chi connectivity index (χ1v) is 7.98. The molecule has 0 bridgehead atoms. The van der Waals surface area contributed by atoms with Crippen molar-refractivity contribution in [2.24, 2.45) is 5.10 Å². The average Bonchev–Trinajstić information content (AvgIpc) is 2.62. The molecule has 2 aromatic rings. The van der Waals surface area contributed by atoms with Crippen molar-refractivity contribution in [1.82, 2.24) is 10.7 Å². The molecule has 0 spiro atoms. The molecule has 0 saturated heterocycles. The van der Waals surface area contributed by atoms with Crippen LogP contribution in [0, 0.1) is 6.92 Å². The number of carbonyl (C=O) groups excluding carboxylic acids is 2. The van der Waals surface area contributed by atoms with Crippen molar-refractivity contribution in [3.63, 3.8) is 0 Å². The zero-order valence-electron chi connectivity index (χ0n) is 14.3. The van der Waals surface area contributed by atoms with E-state index in [1.807, 2.05) is 49.4 Å². The highest BCUT2D eigenvalue weighted by Crippen LogP contribution is 2.14. The van der Waals surface area contributed by atoms with Crippen molar-refractivity contribution in [3.05, 3.63) is 65.2 Å². The summed E-state index contributed by atoms with van der Waals surface area (Å²) in [6.45, 7) is 4.62. The Hall–Kier alpha value is -3.15.